The van der Waals surface area contributed by atoms with Crippen molar-refractivity contribution in [2.75, 3.05) is 17.2 Å². The standard InChI is InChI=1S/C15H25N3O/c1-10(2)19-15-13(16)5-6-14(17-15)18-8-7-11(3)9-12(18)4/h5-6,10-12H,7-9,16H2,1-4H3. The fourth-order valence-electron chi connectivity index (χ4n) is 2.67. The molecule has 0 amide bonds. The van der Waals surface area contributed by atoms with E-state index < -0.39 is 0 Å². The van der Waals surface area contributed by atoms with Crippen molar-refractivity contribution in [3.63, 3.8) is 0 Å². The van der Waals surface area contributed by atoms with Crippen LogP contribution in [0.4, 0.5) is 11.5 Å². The van der Waals surface area contributed by atoms with Crippen LogP contribution in [-0.2, 0) is 0 Å². The first kappa shape index (κ1) is 14.0. The van der Waals surface area contributed by atoms with E-state index in [2.05, 4.69) is 23.7 Å². The lowest BCUT2D eigenvalue weighted by molar-refractivity contribution is 0.234. The highest BCUT2D eigenvalue weighted by Crippen LogP contribution is 2.30. The van der Waals surface area contributed by atoms with Gasteiger partial charge in [0.2, 0.25) is 5.88 Å². The number of hydrogen-bond acceptors (Lipinski definition) is 4. The van der Waals surface area contributed by atoms with Crippen molar-refractivity contribution in [1.82, 2.24) is 4.98 Å². The average Bonchev–Trinajstić information content (AvgIpc) is 2.32. The van der Waals surface area contributed by atoms with Gasteiger partial charge in [0.25, 0.3) is 0 Å². The number of nitrogens with zero attached hydrogens (tertiary/aromatic N) is 2. The third kappa shape index (κ3) is 3.31. The van der Waals surface area contributed by atoms with Gasteiger partial charge in [-0.1, -0.05) is 6.92 Å². The molecule has 0 aromatic carbocycles. The largest absolute Gasteiger partial charge is 0.473 e. The Bertz CT molecular complexity index is 433. The first-order valence-corrected chi connectivity index (χ1v) is 7.17. The molecule has 106 valence electrons. The van der Waals surface area contributed by atoms with E-state index in [0.29, 0.717) is 17.6 Å². The Morgan fingerprint density at radius 2 is 2.11 bits per heavy atom. The van der Waals surface area contributed by atoms with Crippen LogP contribution in [-0.4, -0.2) is 23.7 Å². The SMILES string of the molecule is CC1CCN(c2ccc(N)c(OC(C)C)n2)C(C)C1. The molecule has 0 bridgehead atoms. The minimum Gasteiger partial charge on any atom is -0.473 e. The van der Waals surface area contributed by atoms with Crippen molar-refractivity contribution in [3.05, 3.63) is 12.1 Å². The van der Waals surface area contributed by atoms with Gasteiger partial charge in [-0.2, -0.15) is 4.98 Å². The molecule has 0 saturated carbocycles. The second-order valence-electron chi connectivity index (χ2n) is 5.90. The zero-order valence-corrected chi connectivity index (χ0v) is 12.4. The fourth-order valence-corrected chi connectivity index (χ4v) is 2.67. The van der Waals surface area contributed by atoms with Gasteiger partial charge >= 0.3 is 0 Å². The van der Waals surface area contributed by atoms with Crippen LogP contribution in [0.25, 0.3) is 0 Å². The van der Waals surface area contributed by atoms with Crippen LogP contribution in [0.15, 0.2) is 12.1 Å². The van der Waals surface area contributed by atoms with Crippen molar-refractivity contribution >= 4 is 11.5 Å². The number of hydrogen-bond donors (Lipinski definition) is 1. The minimum atomic E-state index is 0.0869. The summed E-state index contributed by atoms with van der Waals surface area (Å²) in [5.41, 5.74) is 6.52. The second-order valence-corrected chi connectivity index (χ2v) is 5.90. The Kier molecular flexibility index (Phi) is 4.17. The van der Waals surface area contributed by atoms with E-state index in [9.17, 15) is 0 Å². The van der Waals surface area contributed by atoms with Crippen molar-refractivity contribution in [3.8, 4) is 5.88 Å². The van der Waals surface area contributed by atoms with Crippen molar-refractivity contribution in [1.29, 1.82) is 0 Å². The molecule has 19 heavy (non-hydrogen) atoms. The number of nitrogen functional groups attached to an aromatic ring is 1. The highest BCUT2D eigenvalue weighted by atomic mass is 16.5. The fraction of sp³-hybridized carbons (Fsp3) is 0.667. The summed E-state index contributed by atoms with van der Waals surface area (Å²) in [6.45, 7) is 9.60. The average molecular weight is 263 g/mol. The predicted molar refractivity (Wildman–Crippen MR) is 79.6 cm³/mol. The van der Waals surface area contributed by atoms with Crippen LogP contribution < -0.4 is 15.4 Å². The summed E-state index contributed by atoms with van der Waals surface area (Å²) < 4.78 is 5.67. The van der Waals surface area contributed by atoms with E-state index in [1.165, 1.54) is 12.8 Å². The molecule has 2 heterocycles. The van der Waals surface area contributed by atoms with Crippen LogP contribution >= 0.6 is 0 Å². The maximum atomic E-state index is 5.92. The Balaban J connectivity index is 2.20. The van der Waals surface area contributed by atoms with E-state index in [1.807, 2.05) is 26.0 Å². The van der Waals surface area contributed by atoms with Crippen molar-refractivity contribution < 1.29 is 4.74 Å². The lowest BCUT2D eigenvalue weighted by Gasteiger charge is -2.37. The molecule has 0 spiro atoms. The van der Waals surface area contributed by atoms with Gasteiger partial charge in [0.1, 0.15) is 5.82 Å². The Hall–Kier alpha value is -1.45. The molecule has 2 atom stereocenters. The summed E-state index contributed by atoms with van der Waals surface area (Å²) in [5.74, 6) is 2.33. The number of aromatic nitrogens is 1. The third-order valence-electron chi connectivity index (χ3n) is 3.65. The third-order valence-corrected chi connectivity index (χ3v) is 3.65. The molecule has 1 aromatic heterocycles. The molecule has 2 unspecified atom stereocenters. The summed E-state index contributed by atoms with van der Waals surface area (Å²) in [7, 11) is 0. The molecule has 1 saturated heterocycles. The summed E-state index contributed by atoms with van der Waals surface area (Å²) in [6.07, 6.45) is 2.52. The number of ether oxygens (including phenoxy) is 1. The maximum absolute atomic E-state index is 5.92. The van der Waals surface area contributed by atoms with E-state index in [4.69, 9.17) is 10.5 Å². The topological polar surface area (TPSA) is 51.4 Å². The Morgan fingerprint density at radius 3 is 2.74 bits per heavy atom. The number of anilines is 2. The molecule has 0 aliphatic carbocycles. The number of pyridine rings is 1. The monoisotopic (exact) mass is 263 g/mol. The highest BCUT2D eigenvalue weighted by molar-refractivity contribution is 5.55. The summed E-state index contributed by atoms with van der Waals surface area (Å²) in [4.78, 5) is 6.94. The number of rotatable bonds is 3. The van der Waals surface area contributed by atoms with E-state index in [1.54, 1.807) is 0 Å². The van der Waals surface area contributed by atoms with Crippen LogP contribution in [0, 0.1) is 5.92 Å². The van der Waals surface area contributed by atoms with Gasteiger partial charge in [-0.3, -0.25) is 0 Å². The van der Waals surface area contributed by atoms with Crippen LogP contribution in [0.1, 0.15) is 40.5 Å². The molecular weight excluding hydrogens is 238 g/mol. The number of nitrogens with two attached hydrogens (primary N) is 1. The van der Waals surface area contributed by atoms with Gasteiger partial charge in [0, 0.05) is 12.6 Å². The van der Waals surface area contributed by atoms with E-state index in [-0.39, 0.29) is 6.10 Å². The Labute approximate surface area is 116 Å². The lowest BCUT2D eigenvalue weighted by atomic mass is 9.93. The van der Waals surface area contributed by atoms with Crippen molar-refractivity contribution in [2.45, 2.75) is 52.7 Å². The van der Waals surface area contributed by atoms with Gasteiger partial charge in [0.05, 0.1) is 11.8 Å². The zero-order chi connectivity index (χ0) is 14.0. The van der Waals surface area contributed by atoms with E-state index >= 15 is 0 Å². The molecule has 0 radical (unpaired) electrons. The Morgan fingerprint density at radius 1 is 1.37 bits per heavy atom. The van der Waals surface area contributed by atoms with Crippen LogP contribution in [0.5, 0.6) is 5.88 Å². The molecule has 2 rings (SSSR count). The zero-order valence-electron chi connectivity index (χ0n) is 12.4. The van der Waals surface area contributed by atoms with Gasteiger partial charge in [-0.25, -0.2) is 0 Å². The molecule has 4 nitrogen and oxygen atoms in total. The minimum absolute atomic E-state index is 0.0869. The summed E-state index contributed by atoms with van der Waals surface area (Å²) >= 11 is 0. The van der Waals surface area contributed by atoms with Crippen molar-refractivity contribution in [2.24, 2.45) is 5.92 Å². The second kappa shape index (κ2) is 5.68. The molecule has 1 aliphatic rings. The quantitative estimate of drug-likeness (QED) is 0.910. The van der Waals surface area contributed by atoms with Gasteiger partial charge < -0.3 is 15.4 Å². The van der Waals surface area contributed by atoms with Gasteiger partial charge in [-0.05, 0) is 51.7 Å². The molecule has 1 aromatic rings. The normalized spacial score (nSPS) is 23.7. The van der Waals surface area contributed by atoms with E-state index in [0.717, 1.165) is 18.3 Å². The van der Waals surface area contributed by atoms with Crippen LogP contribution in [0.3, 0.4) is 0 Å². The molecule has 1 aliphatic heterocycles. The molecule has 1 fully saturated rings. The maximum Gasteiger partial charge on any atom is 0.239 e. The highest BCUT2D eigenvalue weighted by Gasteiger charge is 2.24. The summed E-state index contributed by atoms with van der Waals surface area (Å²) in [6, 6.07) is 4.41. The van der Waals surface area contributed by atoms with Crippen LogP contribution in [0.2, 0.25) is 0 Å². The number of piperidine rings is 1. The van der Waals surface area contributed by atoms with Gasteiger partial charge in [-0.15, -0.1) is 0 Å². The smallest absolute Gasteiger partial charge is 0.239 e. The summed E-state index contributed by atoms with van der Waals surface area (Å²) in [5, 5.41) is 0. The first-order valence-electron chi connectivity index (χ1n) is 7.17. The molecule has 2 N–H and O–H groups in total. The first-order chi connectivity index (χ1) is 8.97. The predicted octanol–water partition coefficient (Wildman–Crippen LogP) is 3.08. The molecular formula is C15H25N3O. The lowest BCUT2D eigenvalue weighted by Crippen LogP contribution is -2.40. The molecule has 4 heteroatoms. The van der Waals surface area contributed by atoms with Gasteiger partial charge in [0.15, 0.2) is 0 Å².